The maximum absolute atomic E-state index is 6.11. The van der Waals surface area contributed by atoms with Crippen molar-refractivity contribution in [3.63, 3.8) is 0 Å². The van der Waals surface area contributed by atoms with Crippen LogP contribution in [0.4, 0.5) is 0 Å². The van der Waals surface area contributed by atoms with Crippen molar-refractivity contribution >= 4 is 11.6 Å². The molecule has 0 fully saturated rings. The Kier molecular flexibility index (Phi) is 3.17. The van der Waals surface area contributed by atoms with Gasteiger partial charge in [-0.2, -0.15) is 0 Å². The lowest BCUT2D eigenvalue weighted by atomic mass is 10.0. The van der Waals surface area contributed by atoms with Crippen LogP contribution in [0.15, 0.2) is 12.1 Å². The molecule has 1 aromatic rings. The highest BCUT2D eigenvalue weighted by molar-refractivity contribution is 6.32. The van der Waals surface area contributed by atoms with Gasteiger partial charge in [0.2, 0.25) is 0 Å². The smallest absolute Gasteiger partial charge is 0.125 e. The van der Waals surface area contributed by atoms with Gasteiger partial charge in [-0.3, -0.25) is 0 Å². The summed E-state index contributed by atoms with van der Waals surface area (Å²) in [6.45, 7) is 3.84. The van der Waals surface area contributed by atoms with Crippen LogP contribution in [0.5, 0.6) is 5.75 Å². The van der Waals surface area contributed by atoms with Gasteiger partial charge in [0.15, 0.2) is 0 Å². The van der Waals surface area contributed by atoms with E-state index in [0.717, 1.165) is 16.9 Å². The Bertz CT molecular complexity index is 310. The van der Waals surface area contributed by atoms with E-state index >= 15 is 0 Å². The Labute approximate surface area is 83.6 Å². The van der Waals surface area contributed by atoms with Crippen LogP contribution < -0.4 is 10.5 Å². The van der Waals surface area contributed by atoms with Crippen molar-refractivity contribution in [3.05, 3.63) is 28.3 Å². The van der Waals surface area contributed by atoms with Crippen molar-refractivity contribution in [3.8, 4) is 5.75 Å². The van der Waals surface area contributed by atoms with Gasteiger partial charge in [-0.25, -0.2) is 0 Å². The van der Waals surface area contributed by atoms with E-state index in [0.29, 0.717) is 5.02 Å². The molecule has 3 heteroatoms. The number of nitrogens with two attached hydrogens (primary N) is 1. The van der Waals surface area contributed by atoms with Gasteiger partial charge < -0.3 is 10.5 Å². The first-order chi connectivity index (χ1) is 6.07. The predicted molar refractivity (Wildman–Crippen MR) is 55.3 cm³/mol. The molecule has 1 unspecified atom stereocenters. The molecule has 1 aromatic carbocycles. The van der Waals surface area contributed by atoms with E-state index in [4.69, 9.17) is 22.1 Å². The summed E-state index contributed by atoms with van der Waals surface area (Å²) in [6, 6.07) is 3.70. The Morgan fingerprint density at radius 2 is 2.08 bits per heavy atom. The summed E-state index contributed by atoms with van der Waals surface area (Å²) in [6.07, 6.45) is 0. The highest BCUT2D eigenvalue weighted by atomic mass is 35.5. The molecular weight excluding hydrogens is 186 g/mol. The lowest BCUT2D eigenvalue weighted by Crippen LogP contribution is -2.08. The van der Waals surface area contributed by atoms with E-state index in [2.05, 4.69) is 0 Å². The number of hydrogen-bond acceptors (Lipinski definition) is 2. The standard InChI is InChI=1S/C10H14ClNO/c1-6-4-5-8(13-3)9(7(2)12)10(6)11/h4-5,7H,12H2,1-3H3. The van der Waals surface area contributed by atoms with Gasteiger partial charge in [-0.05, 0) is 25.5 Å². The van der Waals surface area contributed by atoms with Crippen molar-refractivity contribution in [2.24, 2.45) is 5.73 Å². The molecule has 0 amide bonds. The number of benzene rings is 1. The molecule has 2 N–H and O–H groups in total. The minimum absolute atomic E-state index is 0.109. The zero-order chi connectivity index (χ0) is 10.0. The van der Waals surface area contributed by atoms with Crippen LogP contribution in [-0.4, -0.2) is 7.11 Å². The van der Waals surface area contributed by atoms with Crippen molar-refractivity contribution in [1.82, 2.24) is 0 Å². The molecule has 13 heavy (non-hydrogen) atoms. The number of hydrogen-bond donors (Lipinski definition) is 1. The average molecular weight is 200 g/mol. The van der Waals surface area contributed by atoms with Gasteiger partial charge in [0.1, 0.15) is 5.75 Å². The topological polar surface area (TPSA) is 35.2 Å². The molecule has 1 atom stereocenters. The van der Waals surface area contributed by atoms with E-state index in [1.165, 1.54) is 0 Å². The largest absolute Gasteiger partial charge is 0.496 e. The SMILES string of the molecule is COc1ccc(C)c(Cl)c1C(C)N. The Balaban J connectivity index is 3.32. The van der Waals surface area contributed by atoms with Gasteiger partial charge in [0.25, 0.3) is 0 Å². The van der Waals surface area contributed by atoms with Gasteiger partial charge in [-0.15, -0.1) is 0 Å². The minimum atomic E-state index is -0.109. The zero-order valence-electron chi connectivity index (χ0n) is 8.10. The minimum Gasteiger partial charge on any atom is -0.496 e. The lowest BCUT2D eigenvalue weighted by Gasteiger charge is -2.14. The monoisotopic (exact) mass is 199 g/mol. The van der Waals surface area contributed by atoms with Crippen LogP contribution in [0.1, 0.15) is 24.1 Å². The number of ether oxygens (including phenoxy) is 1. The highest BCUT2D eigenvalue weighted by Gasteiger charge is 2.13. The van der Waals surface area contributed by atoms with Crippen LogP contribution in [0.25, 0.3) is 0 Å². The number of aryl methyl sites for hydroxylation is 1. The molecule has 0 radical (unpaired) electrons. The first-order valence-electron chi connectivity index (χ1n) is 4.16. The van der Waals surface area contributed by atoms with E-state index in [1.807, 2.05) is 26.0 Å². The lowest BCUT2D eigenvalue weighted by molar-refractivity contribution is 0.407. The Morgan fingerprint density at radius 3 is 2.54 bits per heavy atom. The van der Waals surface area contributed by atoms with Crippen molar-refractivity contribution in [2.75, 3.05) is 7.11 Å². The fourth-order valence-electron chi connectivity index (χ4n) is 1.29. The number of methoxy groups -OCH3 is 1. The van der Waals surface area contributed by atoms with Crippen LogP contribution >= 0.6 is 11.6 Å². The van der Waals surface area contributed by atoms with Gasteiger partial charge >= 0.3 is 0 Å². The maximum Gasteiger partial charge on any atom is 0.125 e. The maximum atomic E-state index is 6.11. The third kappa shape index (κ3) is 1.95. The molecule has 1 rings (SSSR count). The molecule has 0 saturated heterocycles. The number of halogens is 1. The van der Waals surface area contributed by atoms with Crippen molar-refractivity contribution in [2.45, 2.75) is 19.9 Å². The van der Waals surface area contributed by atoms with E-state index in [9.17, 15) is 0 Å². The molecule has 0 bridgehead atoms. The molecule has 0 heterocycles. The van der Waals surface area contributed by atoms with Crippen molar-refractivity contribution in [1.29, 1.82) is 0 Å². The summed E-state index contributed by atoms with van der Waals surface area (Å²) in [5, 5.41) is 0.703. The van der Waals surface area contributed by atoms with Crippen LogP contribution in [0, 0.1) is 6.92 Å². The summed E-state index contributed by atoms with van der Waals surface area (Å²) in [5.41, 5.74) is 7.70. The predicted octanol–water partition coefficient (Wildman–Crippen LogP) is 2.68. The summed E-state index contributed by atoms with van der Waals surface area (Å²) >= 11 is 6.11. The van der Waals surface area contributed by atoms with E-state index in [-0.39, 0.29) is 6.04 Å². The summed E-state index contributed by atoms with van der Waals surface area (Å²) in [7, 11) is 1.62. The molecule has 0 saturated carbocycles. The molecular formula is C10H14ClNO. The normalized spacial score (nSPS) is 12.7. The molecule has 72 valence electrons. The first kappa shape index (κ1) is 10.4. The summed E-state index contributed by atoms with van der Waals surface area (Å²) in [5.74, 6) is 0.755. The van der Waals surface area contributed by atoms with Crippen LogP contribution in [-0.2, 0) is 0 Å². The van der Waals surface area contributed by atoms with Crippen LogP contribution in [0.2, 0.25) is 5.02 Å². The summed E-state index contributed by atoms with van der Waals surface area (Å²) < 4.78 is 5.18. The van der Waals surface area contributed by atoms with E-state index < -0.39 is 0 Å². The second-order valence-corrected chi connectivity index (χ2v) is 3.48. The Morgan fingerprint density at radius 1 is 1.46 bits per heavy atom. The van der Waals surface area contributed by atoms with Crippen molar-refractivity contribution < 1.29 is 4.74 Å². The van der Waals surface area contributed by atoms with Crippen LogP contribution in [0.3, 0.4) is 0 Å². The first-order valence-corrected chi connectivity index (χ1v) is 4.54. The molecule has 2 nitrogen and oxygen atoms in total. The second-order valence-electron chi connectivity index (χ2n) is 3.10. The molecule has 0 aliphatic carbocycles. The van der Waals surface area contributed by atoms with Gasteiger partial charge in [-0.1, -0.05) is 17.7 Å². The zero-order valence-corrected chi connectivity index (χ0v) is 8.85. The van der Waals surface area contributed by atoms with E-state index in [1.54, 1.807) is 7.11 Å². The highest BCUT2D eigenvalue weighted by Crippen LogP contribution is 2.33. The third-order valence-electron chi connectivity index (χ3n) is 2.01. The van der Waals surface area contributed by atoms with Gasteiger partial charge in [0.05, 0.1) is 12.1 Å². The molecule has 0 aliphatic heterocycles. The molecule has 0 aromatic heterocycles. The fourth-order valence-corrected chi connectivity index (χ4v) is 1.61. The summed E-state index contributed by atoms with van der Waals surface area (Å²) in [4.78, 5) is 0. The number of rotatable bonds is 2. The quantitative estimate of drug-likeness (QED) is 0.795. The molecule has 0 aliphatic rings. The molecule has 0 spiro atoms. The second kappa shape index (κ2) is 3.99. The van der Waals surface area contributed by atoms with Gasteiger partial charge in [0, 0.05) is 11.6 Å². The fraction of sp³-hybridized carbons (Fsp3) is 0.400. The Hall–Kier alpha value is -0.730. The average Bonchev–Trinajstić information content (AvgIpc) is 2.08. The third-order valence-corrected chi connectivity index (χ3v) is 2.51.